The van der Waals surface area contributed by atoms with E-state index >= 15 is 0 Å². The van der Waals surface area contributed by atoms with E-state index in [1.165, 1.54) is 12.8 Å². The second kappa shape index (κ2) is 6.89. The van der Waals surface area contributed by atoms with Crippen LogP contribution in [0.4, 0.5) is 0 Å². The minimum atomic E-state index is 0.180. The van der Waals surface area contributed by atoms with Crippen LogP contribution in [-0.2, 0) is 0 Å². The Morgan fingerprint density at radius 3 is 2.72 bits per heavy atom. The van der Waals surface area contributed by atoms with E-state index in [0.29, 0.717) is 6.04 Å². The third kappa shape index (κ3) is 3.47. The fourth-order valence-corrected chi connectivity index (χ4v) is 3.47. The Morgan fingerprint density at radius 1 is 1.39 bits per heavy atom. The molecule has 2 rings (SSSR count). The van der Waals surface area contributed by atoms with Gasteiger partial charge in [-0.2, -0.15) is 0 Å². The molecule has 18 heavy (non-hydrogen) atoms. The van der Waals surface area contributed by atoms with Gasteiger partial charge in [0.25, 0.3) is 5.91 Å². The largest absolute Gasteiger partial charge is 0.335 e. The molecule has 1 fully saturated rings. The minimum Gasteiger partial charge on any atom is -0.335 e. The number of carbonyl (C=O) groups excluding carboxylic acids is 1. The minimum absolute atomic E-state index is 0.180. The average molecular weight is 422 g/mol. The van der Waals surface area contributed by atoms with Crippen molar-refractivity contribution in [2.24, 2.45) is 0 Å². The fraction of sp³-hybridized carbons (Fsp3) is 0.500. The molecule has 2 nitrogen and oxygen atoms in total. The van der Waals surface area contributed by atoms with Crippen molar-refractivity contribution in [2.45, 2.75) is 31.7 Å². The maximum atomic E-state index is 12.6. The zero-order chi connectivity index (χ0) is 13.0. The molecule has 0 radical (unpaired) electrons. The summed E-state index contributed by atoms with van der Waals surface area (Å²) in [5, 5.41) is 0.846. The maximum Gasteiger partial charge on any atom is 0.254 e. The van der Waals surface area contributed by atoms with E-state index in [2.05, 4.69) is 38.5 Å². The fourth-order valence-electron chi connectivity index (χ4n) is 2.54. The summed E-state index contributed by atoms with van der Waals surface area (Å²) in [6.07, 6.45) is 4.82. The van der Waals surface area contributed by atoms with Crippen LogP contribution in [-0.4, -0.2) is 28.7 Å². The molecule has 0 N–H and O–H groups in total. The lowest BCUT2D eigenvalue weighted by Gasteiger charge is -2.28. The molecule has 1 saturated carbocycles. The van der Waals surface area contributed by atoms with Crippen molar-refractivity contribution < 1.29 is 4.79 Å². The summed E-state index contributed by atoms with van der Waals surface area (Å²) in [4.78, 5) is 14.6. The van der Waals surface area contributed by atoms with Gasteiger partial charge in [-0.3, -0.25) is 4.79 Å². The Labute approximate surface area is 130 Å². The molecule has 98 valence electrons. The van der Waals surface area contributed by atoms with E-state index in [9.17, 15) is 4.79 Å². The number of alkyl halides is 1. The third-order valence-corrected chi connectivity index (χ3v) is 4.45. The van der Waals surface area contributed by atoms with Crippen LogP contribution >= 0.6 is 38.5 Å². The van der Waals surface area contributed by atoms with Gasteiger partial charge in [0.1, 0.15) is 0 Å². The first kappa shape index (κ1) is 14.3. The Bertz CT molecular complexity index is 418. The van der Waals surface area contributed by atoms with Crippen LogP contribution in [0.1, 0.15) is 36.0 Å². The van der Waals surface area contributed by atoms with Crippen molar-refractivity contribution in [2.75, 3.05) is 11.9 Å². The van der Waals surface area contributed by atoms with Gasteiger partial charge >= 0.3 is 0 Å². The van der Waals surface area contributed by atoms with Crippen molar-refractivity contribution in [1.82, 2.24) is 4.90 Å². The van der Waals surface area contributed by atoms with Crippen LogP contribution in [0.15, 0.2) is 24.3 Å². The van der Waals surface area contributed by atoms with Gasteiger partial charge in [-0.15, -0.1) is 0 Å². The van der Waals surface area contributed by atoms with E-state index in [1.54, 1.807) is 0 Å². The molecule has 0 bridgehead atoms. The third-order valence-electron chi connectivity index (χ3n) is 3.42. The number of benzene rings is 1. The molecule has 1 aliphatic rings. The summed E-state index contributed by atoms with van der Waals surface area (Å²) in [6, 6.07) is 8.30. The lowest BCUT2D eigenvalue weighted by molar-refractivity contribution is 0.0696. The highest BCUT2D eigenvalue weighted by Crippen LogP contribution is 2.25. The number of nitrogens with zero attached hydrogens (tertiary/aromatic N) is 1. The molecule has 0 spiro atoms. The maximum absolute atomic E-state index is 12.6. The number of halogens is 2. The standard InChI is InChI=1S/C14H17BrINO/c15-8-9-17(13-6-1-2-7-13)14(18)11-4-3-5-12(16)10-11/h3-5,10,13H,1-2,6-9H2. The number of amides is 1. The molecule has 1 aliphatic carbocycles. The van der Waals surface area contributed by atoms with E-state index < -0.39 is 0 Å². The van der Waals surface area contributed by atoms with Crippen LogP contribution in [0.5, 0.6) is 0 Å². The smallest absolute Gasteiger partial charge is 0.254 e. The summed E-state index contributed by atoms with van der Waals surface area (Å²) < 4.78 is 1.11. The lowest BCUT2D eigenvalue weighted by atomic mass is 10.1. The normalized spacial score (nSPS) is 15.9. The van der Waals surface area contributed by atoms with E-state index in [1.807, 2.05) is 29.2 Å². The SMILES string of the molecule is O=C(c1cccc(I)c1)N(CCBr)C1CCCC1. The Balaban J connectivity index is 2.17. The number of rotatable bonds is 4. The first-order chi connectivity index (χ1) is 8.72. The zero-order valence-corrected chi connectivity index (χ0v) is 14.0. The highest BCUT2D eigenvalue weighted by atomic mass is 127. The molecule has 0 aliphatic heterocycles. The summed E-state index contributed by atoms with van der Waals surface area (Å²) >= 11 is 5.71. The van der Waals surface area contributed by atoms with Gasteiger partial charge in [-0.25, -0.2) is 0 Å². The van der Waals surface area contributed by atoms with Crippen molar-refractivity contribution in [3.63, 3.8) is 0 Å². The molecule has 0 atom stereocenters. The molecule has 1 aromatic carbocycles. The summed E-state index contributed by atoms with van der Waals surface area (Å²) in [7, 11) is 0. The molecule has 1 aromatic rings. The zero-order valence-electron chi connectivity index (χ0n) is 10.2. The van der Waals surface area contributed by atoms with Crippen molar-refractivity contribution >= 4 is 44.4 Å². The summed E-state index contributed by atoms with van der Waals surface area (Å²) in [5.41, 5.74) is 0.815. The molecule has 0 heterocycles. The second-order valence-electron chi connectivity index (χ2n) is 4.64. The van der Waals surface area contributed by atoms with Gasteiger partial charge < -0.3 is 4.90 Å². The summed E-state index contributed by atoms with van der Waals surface area (Å²) in [5.74, 6) is 0.180. The van der Waals surface area contributed by atoms with Gasteiger partial charge in [0.2, 0.25) is 0 Å². The number of hydrogen-bond acceptors (Lipinski definition) is 1. The van der Waals surface area contributed by atoms with Crippen molar-refractivity contribution in [1.29, 1.82) is 0 Å². The molecule has 0 unspecified atom stereocenters. The van der Waals surface area contributed by atoms with Crippen LogP contribution in [0.3, 0.4) is 0 Å². The second-order valence-corrected chi connectivity index (χ2v) is 6.67. The molecular weight excluding hydrogens is 405 g/mol. The number of carbonyl (C=O) groups is 1. The molecule has 1 amide bonds. The van der Waals surface area contributed by atoms with Gasteiger partial charge in [-0.1, -0.05) is 34.8 Å². The quantitative estimate of drug-likeness (QED) is 0.530. The van der Waals surface area contributed by atoms with E-state index in [4.69, 9.17) is 0 Å². The Kier molecular flexibility index (Phi) is 5.48. The molecule has 0 saturated heterocycles. The van der Waals surface area contributed by atoms with Gasteiger partial charge in [0.15, 0.2) is 0 Å². The average Bonchev–Trinajstić information content (AvgIpc) is 2.89. The van der Waals surface area contributed by atoms with Crippen LogP contribution in [0.2, 0.25) is 0 Å². The predicted molar refractivity (Wildman–Crippen MR) is 86.2 cm³/mol. The van der Waals surface area contributed by atoms with Crippen LogP contribution < -0.4 is 0 Å². The molecule has 4 heteroatoms. The van der Waals surface area contributed by atoms with Gasteiger partial charge in [-0.05, 0) is 53.6 Å². The topological polar surface area (TPSA) is 20.3 Å². The van der Waals surface area contributed by atoms with Crippen LogP contribution in [0.25, 0.3) is 0 Å². The first-order valence-electron chi connectivity index (χ1n) is 6.35. The van der Waals surface area contributed by atoms with Crippen LogP contribution in [0, 0.1) is 3.57 Å². The highest BCUT2D eigenvalue weighted by Gasteiger charge is 2.26. The number of hydrogen-bond donors (Lipinski definition) is 0. The monoisotopic (exact) mass is 421 g/mol. The van der Waals surface area contributed by atoms with Crippen molar-refractivity contribution in [3.05, 3.63) is 33.4 Å². The Hall–Kier alpha value is -0.100. The molecule has 0 aromatic heterocycles. The predicted octanol–water partition coefficient (Wildman–Crippen LogP) is 4.07. The van der Waals surface area contributed by atoms with Gasteiger partial charge in [0, 0.05) is 27.1 Å². The van der Waals surface area contributed by atoms with E-state index in [0.717, 1.165) is 33.9 Å². The Morgan fingerprint density at radius 2 is 2.11 bits per heavy atom. The van der Waals surface area contributed by atoms with Gasteiger partial charge in [0.05, 0.1) is 0 Å². The molecular formula is C14H17BrINO. The highest BCUT2D eigenvalue weighted by molar-refractivity contribution is 14.1. The lowest BCUT2D eigenvalue weighted by Crippen LogP contribution is -2.40. The first-order valence-corrected chi connectivity index (χ1v) is 8.55. The van der Waals surface area contributed by atoms with Crippen molar-refractivity contribution in [3.8, 4) is 0 Å². The van der Waals surface area contributed by atoms with E-state index in [-0.39, 0.29) is 5.91 Å². The summed E-state index contributed by atoms with van der Waals surface area (Å²) in [6.45, 7) is 0.801.